The van der Waals surface area contributed by atoms with Crippen LogP contribution in [-0.4, -0.2) is 24.0 Å². The molecule has 1 aliphatic carbocycles. The predicted octanol–water partition coefficient (Wildman–Crippen LogP) is 1.72. The van der Waals surface area contributed by atoms with Crippen LogP contribution in [0, 0.1) is 23.2 Å². The minimum atomic E-state index is -0.461. The van der Waals surface area contributed by atoms with Crippen molar-refractivity contribution in [2.45, 2.75) is 52.5 Å². The van der Waals surface area contributed by atoms with E-state index in [1.807, 2.05) is 6.92 Å². The van der Waals surface area contributed by atoms with Crippen molar-refractivity contribution in [1.29, 1.82) is 0 Å². The molecule has 0 aromatic carbocycles. The van der Waals surface area contributed by atoms with E-state index in [-0.39, 0.29) is 29.6 Å². The van der Waals surface area contributed by atoms with Crippen LogP contribution in [0.1, 0.15) is 46.5 Å². The van der Waals surface area contributed by atoms with Crippen molar-refractivity contribution in [3.8, 4) is 0 Å². The molecule has 1 aliphatic heterocycles. The molecule has 1 heterocycles. The highest BCUT2D eigenvalue weighted by Gasteiger charge is 2.58. The van der Waals surface area contributed by atoms with Gasteiger partial charge in [-0.25, -0.2) is 0 Å². The fraction of sp³-hybridized carbons (Fsp3) is 0.800. The number of carbonyl (C=O) groups is 3. The number of carbonyl (C=O) groups excluding carboxylic acids is 3. The summed E-state index contributed by atoms with van der Waals surface area (Å²) in [5.41, 5.74) is -0.458. The SMILES string of the molecule is CC[C@H](C)[C@@]1(C)C(=O)N[C@@H]1[C@H]1CCC[C@H](C=O)C1=O. The molecule has 1 saturated carbocycles. The van der Waals surface area contributed by atoms with Crippen molar-refractivity contribution < 1.29 is 14.4 Å². The third-order valence-corrected chi connectivity index (χ3v) is 5.39. The summed E-state index contributed by atoms with van der Waals surface area (Å²) in [4.78, 5) is 35.2. The number of nitrogens with one attached hydrogen (secondary N) is 1. The van der Waals surface area contributed by atoms with Crippen LogP contribution in [0.3, 0.4) is 0 Å². The van der Waals surface area contributed by atoms with E-state index in [1.54, 1.807) is 0 Å². The second-order valence-electron chi connectivity index (χ2n) is 6.23. The predicted molar refractivity (Wildman–Crippen MR) is 71.4 cm³/mol. The average Bonchev–Trinajstić information content (AvgIpc) is 2.43. The second kappa shape index (κ2) is 5.06. The van der Waals surface area contributed by atoms with Gasteiger partial charge in [0.2, 0.25) is 5.91 Å². The molecular formula is C15H23NO3. The van der Waals surface area contributed by atoms with E-state index in [0.717, 1.165) is 25.5 Å². The summed E-state index contributed by atoms with van der Waals surface area (Å²) >= 11 is 0. The van der Waals surface area contributed by atoms with Crippen LogP contribution in [0.4, 0.5) is 0 Å². The van der Waals surface area contributed by atoms with Crippen LogP contribution in [-0.2, 0) is 14.4 Å². The molecule has 2 aliphatic rings. The van der Waals surface area contributed by atoms with Crippen LogP contribution < -0.4 is 5.32 Å². The van der Waals surface area contributed by atoms with E-state index in [0.29, 0.717) is 6.42 Å². The van der Waals surface area contributed by atoms with Gasteiger partial charge in [-0.15, -0.1) is 0 Å². The number of ketones is 1. The Morgan fingerprint density at radius 1 is 1.42 bits per heavy atom. The normalized spacial score (nSPS) is 40.3. The Labute approximate surface area is 114 Å². The monoisotopic (exact) mass is 265 g/mol. The van der Waals surface area contributed by atoms with E-state index < -0.39 is 11.3 Å². The third-order valence-electron chi connectivity index (χ3n) is 5.39. The van der Waals surface area contributed by atoms with Crippen molar-refractivity contribution in [3.63, 3.8) is 0 Å². The van der Waals surface area contributed by atoms with Crippen LogP contribution >= 0.6 is 0 Å². The van der Waals surface area contributed by atoms with Crippen LogP contribution in [0.2, 0.25) is 0 Å². The van der Waals surface area contributed by atoms with Gasteiger partial charge in [0.15, 0.2) is 0 Å². The fourth-order valence-electron chi connectivity index (χ4n) is 3.57. The molecule has 1 amide bonds. The molecule has 0 unspecified atom stereocenters. The summed E-state index contributed by atoms with van der Waals surface area (Å²) in [5, 5.41) is 2.92. The summed E-state index contributed by atoms with van der Waals surface area (Å²) < 4.78 is 0. The maximum absolute atomic E-state index is 12.3. The minimum Gasteiger partial charge on any atom is -0.351 e. The van der Waals surface area contributed by atoms with Gasteiger partial charge in [0, 0.05) is 5.92 Å². The maximum Gasteiger partial charge on any atom is 0.228 e. The molecule has 5 atom stereocenters. The van der Waals surface area contributed by atoms with Gasteiger partial charge >= 0.3 is 0 Å². The van der Waals surface area contributed by atoms with Gasteiger partial charge in [-0.3, -0.25) is 9.59 Å². The van der Waals surface area contributed by atoms with Crippen LogP contribution in [0.5, 0.6) is 0 Å². The molecule has 4 nitrogen and oxygen atoms in total. The molecule has 2 fully saturated rings. The first kappa shape index (κ1) is 14.2. The Kier molecular flexibility index (Phi) is 3.79. The zero-order valence-electron chi connectivity index (χ0n) is 11.9. The number of rotatable bonds is 4. The molecule has 2 rings (SSSR count). The average molecular weight is 265 g/mol. The Morgan fingerprint density at radius 3 is 2.63 bits per heavy atom. The molecule has 19 heavy (non-hydrogen) atoms. The van der Waals surface area contributed by atoms with E-state index in [2.05, 4.69) is 19.2 Å². The molecule has 0 aromatic rings. The molecule has 1 N–H and O–H groups in total. The number of aldehydes is 1. The fourth-order valence-corrected chi connectivity index (χ4v) is 3.57. The van der Waals surface area contributed by atoms with E-state index in [1.165, 1.54) is 0 Å². The minimum absolute atomic E-state index is 0.0285. The van der Waals surface area contributed by atoms with E-state index in [9.17, 15) is 14.4 Å². The summed E-state index contributed by atoms with van der Waals surface area (Å²) in [7, 11) is 0. The highest BCUT2D eigenvalue weighted by molar-refractivity contribution is 5.99. The smallest absolute Gasteiger partial charge is 0.228 e. The zero-order chi connectivity index (χ0) is 14.2. The Hall–Kier alpha value is -1.19. The van der Waals surface area contributed by atoms with Crippen molar-refractivity contribution in [1.82, 2.24) is 5.32 Å². The van der Waals surface area contributed by atoms with E-state index >= 15 is 0 Å². The van der Waals surface area contributed by atoms with Crippen molar-refractivity contribution in [3.05, 3.63) is 0 Å². The van der Waals surface area contributed by atoms with E-state index in [4.69, 9.17) is 0 Å². The lowest BCUT2D eigenvalue weighted by atomic mass is 9.58. The van der Waals surface area contributed by atoms with Crippen LogP contribution in [0.25, 0.3) is 0 Å². The van der Waals surface area contributed by atoms with Gasteiger partial charge in [0.05, 0.1) is 17.4 Å². The molecule has 1 saturated heterocycles. The summed E-state index contributed by atoms with van der Waals surface area (Å²) in [6.45, 7) is 6.09. The summed E-state index contributed by atoms with van der Waals surface area (Å²) in [5.74, 6) is -0.317. The Bertz CT molecular complexity index is 406. The topological polar surface area (TPSA) is 63.2 Å². The van der Waals surface area contributed by atoms with Gasteiger partial charge in [0.25, 0.3) is 0 Å². The first-order valence-electron chi connectivity index (χ1n) is 7.26. The van der Waals surface area contributed by atoms with Gasteiger partial charge in [0.1, 0.15) is 12.1 Å². The van der Waals surface area contributed by atoms with Crippen molar-refractivity contribution >= 4 is 18.0 Å². The highest BCUT2D eigenvalue weighted by Crippen LogP contribution is 2.46. The summed E-state index contributed by atoms with van der Waals surface area (Å²) in [6.07, 6.45) is 4.04. The van der Waals surface area contributed by atoms with Gasteiger partial charge in [-0.05, 0) is 25.7 Å². The third kappa shape index (κ3) is 2.01. The van der Waals surface area contributed by atoms with Crippen LogP contribution in [0.15, 0.2) is 0 Å². The van der Waals surface area contributed by atoms with Crippen molar-refractivity contribution in [2.24, 2.45) is 23.2 Å². The van der Waals surface area contributed by atoms with Gasteiger partial charge < -0.3 is 10.1 Å². The lowest BCUT2D eigenvalue weighted by Crippen LogP contribution is -2.72. The molecule has 0 spiro atoms. The molecule has 0 aromatic heterocycles. The Morgan fingerprint density at radius 2 is 2.11 bits per heavy atom. The zero-order valence-corrected chi connectivity index (χ0v) is 11.9. The van der Waals surface area contributed by atoms with Gasteiger partial charge in [-0.1, -0.05) is 26.7 Å². The number of β-lactam (4-membered cyclic amide) rings is 1. The molecule has 0 radical (unpaired) electrons. The Balaban J connectivity index is 2.20. The maximum atomic E-state index is 12.3. The lowest BCUT2D eigenvalue weighted by molar-refractivity contribution is -0.156. The lowest BCUT2D eigenvalue weighted by Gasteiger charge is -2.53. The number of hydrogen-bond donors (Lipinski definition) is 1. The largest absolute Gasteiger partial charge is 0.351 e. The standard InChI is InChI=1S/C15H23NO3/c1-4-9(2)15(3)13(16-14(15)19)11-7-5-6-10(8-17)12(11)18/h8-11,13H,4-7H2,1-3H3,(H,16,19)/t9-,10+,11-,13+,15+/m0/s1. The molecule has 106 valence electrons. The second-order valence-corrected chi connectivity index (χ2v) is 6.23. The highest BCUT2D eigenvalue weighted by atomic mass is 16.2. The molecule has 0 bridgehead atoms. The molecule has 4 heteroatoms. The first-order chi connectivity index (χ1) is 8.96. The first-order valence-corrected chi connectivity index (χ1v) is 7.26. The molecular weight excluding hydrogens is 242 g/mol. The number of Topliss-reactive ketones (excluding diaryl/α,β-unsaturated/α-hetero) is 1. The number of hydrogen-bond acceptors (Lipinski definition) is 3. The van der Waals surface area contributed by atoms with Crippen molar-refractivity contribution in [2.75, 3.05) is 0 Å². The quantitative estimate of drug-likeness (QED) is 0.478. The number of amides is 1. The van der Waals surface area contributed by atoms with Gasteiger partial charge in [-0.2, -0.15) is 0 Å². The summed E-state index contributed by atoms with van der Waals surface area (Å²) in [6, 6.07) is -0.0924.